The van der Waals surface area contributed by atoms with Crippen molar-refractivity contribution in [1.29, 1.82) is 0 Å². The summed E-state index contributed by atoms with van der Waals surface area (Å²) in [5, 5.41) is 2.97. The molecular formula is C22H31N3O5. The molecule has 2 saturated heterocycles. The van der Waals surface area contributed by atoms with E-state index in [4.69, 9.17) is 9.47 Å². The van der Waals surface area contributed by atoms with Crippen molar-refractivity contribution < 1.29 is 23.9 Å². The van der Waals surface area contributed by atoms with Crippen LogP contribution in [0.25, 0.3) is 0 Å². The minimum absolute atomic E-state index is 0.0629. The maximum Gasteiger partial charge on any atom is 0.225 e. The van der Waals surface area contributed by atoms with Gasteiger partial charge in [-0.15, -0.1) is 0 Å². The first-order valence-electron chi connectivity index (χ1n) is 10.6. The van der Waals surface area contributed by atoms with Crippen LogP contribution in [0.2, 0.25) is 0 Å². The second kappa shape index (κ2) is 10.3. The van der Waals surface area contributed by atoms with Gasteiger partial charge in [-0.3, -0.25) is 14.4 Å². The van der Waals surface area contributed by atoms with Crippen molar-refractivity contribution in [2.75, 3.05) is 40.4 Å². The zero-order chi connectivity index (χ0) is 21.5. The van der Waals surface area contributed by atoms with Crippen LogP contribution < -0.4 is 14.8 Å². The van der Waals surface area contributed by atoms with Gasteiger partial charge in [0.25, 0.3) is 0 Å². The van der Waals surface area contributed by atoms with E-state index in [1.807, 2.05) is 23.1 Å². The Morgan fingerprint density at radius 1 is 1.10 bits per heavy atom. The minimum Gasteiger partial charge on any atom is -0.497 e. The first-order chi connectivity index (χ1) is 14.5. The van der Waals surface area contributed by atoms with E-state index in [9.17, 15) is 14.4 Å². The highest BCUT2D eigenvalue weighted by Crippen LogP contribution is 2.24. The normalized spacial score (nSPS) is 19.2. The van der Waals surface area contributed by atoms with Crippen LogP contribution in [0.1, 0.15) is 37.7 Å². The highest BCUT2D eigenvalue weighted by atomic mass is 16.5. The van der Waals surface area contributed by atoms with E-state index < -0.39 is 0 Å². The van der Waals surface area contributed by atoms with Crippen LogP contribution in [0.5, 0.6) is 11.5 Å². The van der Waals surface area contributed by atoms with E-state index in [1.54, 1.807) is 19.1 Å². The molecule has 3 amide bonds. The highest BCUT2D eigenvalue weighted by molar-refractivity contribution is 5.84. The van der Waals surface area contributed by atoms with Gasteiger partial charge < -0.3 is 24.6 Å². The largest absolute Gasteiger partial charge is 0.497 e. The van der Waals surface area contributed by atoms with Gasteiger partial charge in [0.2, 0.25) is 17.7 Å². The second-order valence-corrected chi connectivity index (χ2v) is 7.81. The van der Waals surface area contributed by atoms with Crippen LogP contribution in [0.3, 0.4) is 0 Å². The maximum atomic E-state index is 12.7. The summed E-state index contributed by atoms with van der Waals surface area (Å²) in [6, 6.07) is 5.46. The van der Waals surface area contributed by atoms with E-state index in [0.717, 1.165) is 24.9 Å². The van der Waals surface area contributed by atoms with Crippen molar-refractivity contribution >= 4 is 17.7 Å². The zero-order valence-electron chi connectivity index (χ0n) is 17.8. The van der Waals surface area contributed by atoms with Crippen LogP contribution in [0, 0.1) is 5.92 Å². The lowest BCUT2D eigenvalue weighted by Crippen LogP contribution is -2.46. The van der Waals surface area contributed by atoms with Crippen molar-refractivity contribution in [3.05, 3.63) is 23.8 Å². The molecule has 164 valence electrons. The molecule has 0 unspecified atom stereocenters. The number of likely N-dealkylation sites (tertiary alicyclic amines) is 2. The number of methoxy groups -OCH3 is 2. The molecule has 2 aliphatic rings. The Morgan fingerprint density at radius 2 is 1.87 bits per heavy atom. The predicted octanol–water partition coefficient (Wildman–Crippen LogP) is 1.57. The average Bonchev–Trinajstić information content (AvgIpc) is 3.17. The molecule has 8 nitrogen and oxygen atoms in total. The lowest BCUT2D eigenvalue weighted by molar-refractivity contribution is -0.138. The summed E-state index contributed by atoms with van der Waals surface area (Å²) >= 11 is 0. The first kappa shape index (κ1) is 21.9. The molecule has 1 atom stereocenters. The number of amides is 3. The third-order valence-electron chi connectivity index (χ3n) is 5.84. The second-order valence-electron chi connectivity index (χ2n) is 7.81. The van der Waals surface area contributed by atoms with Gasteiger partial charge in [-0.1, -0.05) is 0 Å². The first-order valence-corrected chi connectivity index (χ1v) is 10.6. The summed E-state index contributed by atoms with van der Waals surface area (Å²) in [7, 11) is 3.19. The van der Waals surface area contributed by atoms with E-state index in [1.165, 1.54) is 0 Å². The lowest BCUT2D eigenvalue weighted by atomic mass is 9.96. The number of carbonyl (C=O) groups excluding carboxylic acids is 3. The molecular weight excluding hydrogens is 386 g/mol. The highest BCUT2D eigenvalue weighted by Gasteiger charge is 2.30. The summed E-state index contributed by atoms with van der Waals surface area (Å²) < 4.78 is 10.6. The fraction of sp³-hybridized carbons (Fsp3) is 0.591. The van der Waals surface area contributed by atoms with E-state index in [2.05, 4.69) is 5.32 Å². The van der Waals surface area contributed by atoms with Crippen molar-refractivity contribution in [3.8, 4) is 11.5 Å². The molecule has 0 spiro atoms. The maximum absolute atomic E-state index is 12.7. The van der Waals surface area contributed by atoms with Crippen LogP contribution >= 0.6 is 0 Å². The van der Waals surface area contributed by atoms with Crippen LogP contribution in [-0.4, -0.2) is 67.9 Å². The third-order valence-corrected chi connectivity index (χ3v) is 5.84. The van der Waals surface area contributed by atoms with Gasteiger partial charge in [-0.2, -0.15) is 0 Å². The monoisotopic (exact) mass is 417 g/mol. The number of hydrogen-bond donors (Lipinski definition) is 1. The summed E-state index contributed by atoms with van der Waals surface area (Å²) in [6.45, 7) is 2.82. The van der Waals surface area contributed by atoms with E-state index in [-0.39, 0.29) is 23.6 Å². The molecule has 30 heavy (non-hydrogen) atoms. The van der Waals surface area contributed by atoms with Gasteiger partial charge in [0, 0.05) is 51.1 Å². The van der Waals surface area contributed by atoms with Crippen molar-refractivity contribution in [2.24, 2.45) is 5.92 Å². The standard InChI is InChI=1S/C22H31N3O5/c1-29-18-7-8-19(30-2)17(13-18)14-23-22(28)16-6-9-21(27)25(15-16)12-4-11-24-10-3-5-20(24)26/h7-8,13,16H,3-6,9-12,14-15H2,1-2H3,(H,23,28)/t16-/m0/s1. The average molecular weight is 418 g/mol. The van der Waals surface area contributed by atoms with Crippen molar-refractivity contribution in [2.45, 2.75) is 38.6 Å². The number of nitrogens with zero attached hydrogens (tertiary/aromatic N) is 2. The Kier molecular flexibility index (Phi) is 7.54. The fourth-order valence-electron chi connectivity index (χ4n) is 4.08. The lowest BCUT2D eigenvalue weighted by Gasteiger charge is -2.32. The molecule has 1 aromatic rings. The van der Waals surface area contributed by atoms with Gasteiger partial charge in [0.1, 0.15) is 11.5 Å². The van der Waals surface area contributed by atoms with Crippen LogP contribution in [0.15, 0.2) is 18.2 Å². The van der Waals surface area contributed by atoms with Crippen molar-refractivity contribution in [3.63, 3.8) is 0 Å². The topological polar surface area (TPSA) is 88.2 Å². The molecule has 2 heterocycles. The number of nitrogens with one attached hydrogen (secondary N) is 1. The summed E-state index contributed by atoms with van der Waals surface area (Å²) in [4.78, 5) is 40.3. The molecule has 0 bridgehead atoms. The van der Waals surface area contributed by atoms with Crippen LogP contribution in [-0.2, 0) is 20.9 Å². The van der Waals surface area contributed by atoms with Gasteiger partial charge in [-0.25, -0.2) is 0 Å². The predicted molar refractivity (Wildman–Crippen MR) is 111 cm³/mol. The van der Waals surface area contributed by atoms with Gasteiger partial charge >= 0.3 is 0 Å². The number of ether oxygens (including phenoxy) is 2. The number of hydrogen-bond acceptors (Lipinski definition) is 5. The summed E-state index contributed by atoms with van der Waals surface area (Å²) in [5.41, 5.74) is 0.837. The number of carbonyl (C=O) groups is 3. The molecule has 0 aliphatic carbocycles. The molecule has 1 N–H and O–H groups in total. The molecule has 8 heteroatoms. The molecule has 0 radical (unpaired) electrons. The van der Waals surface area contributed by atoms with E-state index >= 15 is 0 Å². The van der Waals surface area contributed by atoms with E-state index in [0.29, 0.717) is 56.9 Å². The third kappa shape index (κ3) is 5.43. The number of benzene rings is 1. The molecule has 3 rings (SSSR count). The molecule has 2 fully saturated rings. The Morgan fingerprint density at radius 3 is 2.57 bits per heavy atom. The van der Waals surface area contributed by atoms with Crippen LogP contribution in [0.4, 0.5) is 0 Å². The smallest absolute Gasteiger partial charge is 0.225 e. The Bertz CT molecular complexity index is 782. The number of piperidine rings is 1. The van der Waals surface area contributed by atoms with Crippen molar-refractivity contribution in [1.82, 2.24) is 15.1 Å². The number of rotatable bonds is 9. The Labute approximate surface area is 177 Å². The van der Waals surface area contributed by atoms with Gasteiger partial charge in [-0.05, 0) is 37.5 Å². The summed E-state index contributed by atoms with van der Waals surface area (Å²) in [5.74, 6) is 1.38. The fourth-order valence-corrected chi connectivity index (χ4v) is 4.08. The summed E-state index contributed by atoms with van der Waals surface area (Å²) in [6.07, 6.45) is 3.22. The molecule has 0 saturated carbocycles. The molecule has 2 aliphatic heterocycles. The Balaban J connectivity index is 1.50. The zero-order valence-corrected chi connectivity index (χ0v) is 17.8. The Hall–Kier alpha value is -2.77. The van der Waals surface area contributed by atoms with Gasteiger partial charge in [0.05, 0.1) is 20.1 Å². The van der Waals surface area contributed by atoms with Gasteiger partial charge in [0.15, 0.2) is 0 Å². The molecule has 1 aromatic carbocycles. The minimum atomic E-state index is -0.229. The molecule has 0 aromatic heterocycles. The quantitative estimate of drug-likeness (QED) is 0.659. The SMILES string of the molecule is COc1ccc(OC)c(CNC(=O)[C@H]2CCC(=O)N(CCCN3CCCC3=O)C2)c1.